The maximum atomic E-state index is 8.92. The maximum Gasteiger partial charge on any atom is 0.0773 e. The van der Waals surface area contributed by atoms with Crippen LogP contribution < -0.4 is 0 Å². The molecular formula is C36H64O3. The third-order valence-electron chi connectivity index (χ3n) is 3.74. The van der Waals surface area contributed by atoms with Gasteiger partial charge < -0.3 is 14.6 Å². The van der Waals surface area contributed by atoms with Gasteiger partial charge in [-0.25, -0.2) is 0 Å². The highest BCUT2D eigenvalue weighted by Crippen LogP contribution is 2.07. The third-order valence-corrected chi connectivity index (χ3v) is 3.74. The average molecular weight is 545 g/mol. The molecule has 0 aliphatic heterocycles. The molecule has 0 saturated carbocycles. The first-order valence-electron chi connectivity index (χ1n) is 14.7. The zero-order valence-corrected chi connectivity index (χ0v) is 27.6. The third kappa shape index (κ3) is 45.8. The largest absolute Gasteiger partial charge is 0.391 e. The van der Waals surface area contributed by atoms with E-state index in [1.807, 2.05) is 84.9 Å². The molecule has 0 saturated heterocycles. The van der Waals surface area contributed by atoms with Gasteiger partial charge in [0.05, 0.1) is 12.7 Å². The summed E-state index contributed by atoms with van der Waals surface area (Å²) in [5, 5.41) is 8.92. The Labute approximate surface area is 244 Å². The van der Waals surface area contributed by atoms with Crippen molar-refractivity contribution in [1.82, 2.24) is 0 Å². The van der Waals surface area contributed by atoms with Gasteiger partial charge in [-0.1, -0.05) is 172 Å². The van der Waals surface area contributed by atoms with E-state index < -0.39 is 0 Å². The molecule has 0 radical (unpaired) electrons. The number of hydrogen-bond donors (Lipinski definition) is 1. The van der Waals surface area contributed by atoms with E-state index in [0.717, 1.165) is 19.3 Å². The van der Waals surface area contributed by atoms with Crippen molar-refractivity contribution in [1.29, 1.82) is 0 Å². The van der Waals surface area contributed by atoms with E-state index in [9.17, 15) is 0 Å². The van der Waals surface area contributed by atoms with Crippen LogP contribution in [-0.2, 0) is 15.9 Å². The predicted octanol–water partition coefficient (Wildman–Crippen LogP) is 10.5. The van der Waals surface area contributed by atoms with Crippen molar-refractivity contribution in [3.63, 3.8) is 0 Å². The fourth-order valence-electron chi connectivity index (χ4n) is 2.42. The van der Waals surface area contributed by atoms with Gasteiger partial charge in [-0.15, -0.1) is 0 Å². The summed E-state index contributed by atoms with van der Waals surface area (Å²) in [4.78, 5) is 0. The van der Waals surface area contributed by atoms with Crippen LogP contribution in [0, 0.1) is 0 Å². The number of benzene rings is 3. The summed E-state index contributed by atoms with van der Waals surface area (Å²) in [5.41, 5.74) is 2.74. The Kier molecular flexibility index (Phi) is 57.8. The van der Waals surface area contributed by atoms with Crippen molar-refractivity contribution < 1.29 is 14.6 Å². The Bertz CT molecular complexity index is 616. The second kappa shape index (κ2) is 48.6. The van der Waals surface area contributed by atoms with Crippen LogP contribution in [0.1, 0.15) is 92.7 Å². The van der Waals surface area contributed by atoms with Crippen molar-refractivity contribution in [2.24, 2.45) is 0 Å². The molecule has 226 valence electrons. The molecule has 3 nitrogen and oxygen atoms in total. The minimum absolute atomic E-state index is 0.259. The summed E-state index contributed by atoms with van der Waals surface area (Å²) in [6.45, 7) is 18.8. The summed E-state index contributed by atoms with van der Waals surface area (Å²) < 4.78 is 8.96. The molecule has 3 rings (SSSR count). The second-order valence-electron chi connectivity index (χ2n) is 7.32. The van der Waals surface area contributed by atoms with Crippen molar-refractivity contribution in [2.45, 2.75) is 94.1 Å². The number of aliphatic hydroxyl groups is 1. The Morgan fingerprint density at radius 2 is 0.821 bits per heavy atom. The second-order valence-corrected chi connectivity index (χ2v) is 7.32. The Hall–Kier alpha value is -2.46. The zero-order chi connectivity index (χ0) is 31.0. The fourth-order valence-corrected chi connectivity index (χ4v) is 2.42. The summed E-state index contributed by atoms with van der Waals surface area (Å²) >= 11 is 0. The number of rotatable bonds is 6. The fraction of sp³-hybridized carbons (Fsp3) is 0.500. The van der Waals surface area contributed by atoms with E-state index in [0.29, 0.717) is 6.61 Å². The molecule has 0 aliphatic rings. The van der Waals surface area contributed by atoms with Gasteiger partial charge in [0.25, 0.3) is 0 Å². The molecule has 0 bridgehead atoms. The van der Waals surface area contributed by atoms with E-state index in [1.165, 1.54) is 17.5 Å². The van der Waals surface area contributed by atoms with Crippen LogP contribution in [0.2, 0.25) is 0 Å². The van der Waals surface area contributed by atoms with Crippen LogP contribution in [0.15, 0.2) is 97.1 Å². The molecule has 3 aromatic rings. The van der Waals surface area contributed by atoms with Crippen LogP contribution >= 0.6 is 0 Å². The van der Waals surface area contributed by atoms with Gasteiger partial charge in [-0.2, -0.15) is 0 Å². The van der Waals surface area contributed by atoms with E-state index >= 15 is 0 Å². The van der Waals surface area contributed by atoms with Gasteiger partial charge in [0, 0.05) is 21.3 Å². The van der Waals surface area contributed by atoms with Gasteiger partial charge in [0.15, 0.2) is 0 Å². The van der Waals surface area contributed by atoms with E-state index in [2.05, 4.69) is 79.2 Å². The van der Waals surface area contributed by atoms with Crippen molar-refractivity contribution in [3.05, 3.63) is 108 Å². The molecule has 39 heavy (non-hydrogen) atoms. The summed E-state index contributed by atoms with van der Waals surface area (Å²) in [5.74, 6) is 0. The molecule has 3 aromatic carbocycles. The molecule has 1 atom stereocenters. The van der Waals surface area contributed by atoms with Crippen LogP contribution in [0.3, 0.4) is 0 Å². The lowest BCUT2D eigenvalue weighted by Crippen LogP contribution is -2.12. The van der Waals surface area contributed by atoms with Gasteiger partial charge in [-0.3, -0.25) is 0 Å². The first kappa shape index (κ1) is 46.4. The maximum absolute atomic E-state index is 8.92. The molecule has 0 amide bonds. The van der Waals surface area contributed by atoms with Gasteiger partial charge in [0.1, 0.15) is 0 Å². The Morgan fingerprint density at radius 3 is 1.05 bits per heavy atom. The van der Waals surface area contributed by atoms with E-state index in [4.69, 9.17) is 9.84 Å². The molecule has 1 N–H and O–H groups in total. The molecule has 0 spiro atoms. The number of methoxy groups -OCH3 is 2. The summed E-state index contributed by atoms with van der Waals surface area (Å²) in [6.07, 6.45) is 3.88. The lowest BCUT2D eigenvalue weighted by Gasteiger charge is -2.05. The normalized spacial score (nSPS) is 8.74. The topological polar surface area (TPSA) is 38.7 Å². The number of aliphatic hydroxyl groups excluding tert-OH is 1. The summed E-state index contributed by atoms with van der Waals surface area (Å²) in [6, 6.07) is 33.1. The van der Waals surface area contributed by atoms with Crippen LogP contribution in [0.5, 0.6) is 0 Å². The highest BCUT2D eigenvalue weighted by Gasteiger charge is 1.98. The first-order valence-corrected chi connectivity index (χ1v) is 14.7. The van der Waals surface area contributed by atoms with Crippen LogP contribution in [-0.4, -0.2) is 39.1 Å². The van der Waals surface area contributed by atoms with Gasteiger partial charge >= 0.3 is 0 Å². The number of hydrogen-bond acceptors (Lipinski definition) is 3. The quantitative estimate of drug-likeness (QED) is 0.335. The van der Waals surface area contributed by atoms with Crippen LogP contribution in [0.4, 0.5) is 0 Å². The van der Waals surface area contributed by atoms with Gasteiger partial charge in [-0.05, 0) is 24.0 Å². The molecule has 1 unspecified atom stereocenters. The molecule has 0 aliphatic carbocycles. The standard InChI is InChI=1S/C13H12.C6H14O2.C6H6.C3H8.C2H6O.3C2H6/c1-3-7-12(8-4-1)11-13-9-5-2-6-10-13;1-3-4-6(7)5-8-2;1-2-4-6-5-3-1;2*1-3-2;3*1-2/h1-10H,11H2;6-7H,3-5H2,1-2H3;1-6H;3H2,1-2H3;1-2H3;3*1-2H3. The van der Waals surface area contributed by atoms with Crippen LogP contribution in [0.25, 0.3) is 0 Å². The summed E-state index contributed by atoms with van der Waals surface area (Å²) in [7, 11) is 4.85. The monoisotopic (exact) mass is 544 g/mol. The van der Waals surface area contributed by atoms with E-state index in [1.54, 1.807) is 21.3 Å². The lowest BCUT2D eigenvalue weighted by atomic mass is 10.1. The highest BCUT2D eigenvalue weighted by molar-refractivity contribution is 5.25. The Morgan fingerprint density at radius 1 is 0.564 bits per heavy atom. The smallest absolute Gasteiger partial charge is 0.0773 e. The molecule has 0 heterocycles. The van der Waals surface area contributed by atoms with Crippen molar-refractivity contribution in [3.8, 4) is 0 Å². The average Bonchev–Trinajstić information content (AvgIpc) is 3.00. The lowest BCUT2D eigenvalue weighted by molar-refractivity contribution is 0.0589. The molecule has 0 fully saturated rings. The Balaban J connectivity index is -0.000000129. The molecule has 3 heteroatoms. The SMILES string of the molecule is CC.CC.CC.CCC.CCCC(O)COC.COC.c1ccc(Cc2ccccc2)cc1.c1ccccc1. The number of ether oxygens (including phenoxy) is 2. The van der Waals surface area contributed by atoms with Crippen molar-refractivity contribution in [2.75, 3.05) is 27.9 Å². The predicted molar refractivity (Wildman–Crippen MR) is 178 cm³/mol. The highest BCUT2D eigenvalue weighted by atomic mass is 16.5. The minimum atomic E-state index is -0.259. The molecular weight excluding hydrogens is 480 g/mol. The van der Waals surface area contributed by atoms with Gasteiger partial charge in [0.2, 0.25) is 0 Å². The first-order chi connectivity index (χ1) is 19.1. The zero-order valence-electron chi connectivity index (χ0n) is 27.6. The van der Waals surface area contributed by atoms with Crippen molar-refractivity contribution >= 4 is 0 Å². The molecule has 0 aromatic heterocycles. The van der Waals surface area contributed by atoms with E-state index in [-0.39, 0.29) is 6.10 Å². The minimum Gasteiger partial charge on any atom is -0.391 e.